The van der Waals surface area contributed by atoms with E-state index in [1.54, 1.807) is 6.20 Å². The van der Waals surface area contributed by atoms with Crippen molar-refractivity contribution < 1.29 is 4.39 Å². The van der Waals surface area contributed by atoms with E-state index < -0.39 is 0 Å². The highest BCUT2D eigenvalue weighted by Crippen LogP contribution is 2.42. The van der Waals surface area contributed by atoms with Crippen molar-refractivity contribution in [3.63, 3.8) is 0 Å². The summed E-state index contributed by atoms with van der Waals surface area (Å²) in [5.74, 6) is 0.360. The Morgan fingerprint density at radius 1 is 1.38 bits per heavy atom. The van der Waals surface area contributed by atoms with Gasteiger partial charge in [0.15, 0.2) is 0 Å². The molecule has 1 aromatic heterocycles. The molecule has 1 aliphatic rings. The Kier molecular flexibility index (Phi) is 1.26. The fourth-order valence-corrected chi connectivity index (χ4v) is 1.69. The normalized spacial score (nSPS) is 16.7. The monoisotopic (exact) mass is 176 g/mol. The lowest BCUT2D eigenvalue weighted by molar-refractivity contribution is 0.612. The van der Waals surface area contributed by atoms with Crippen LogP contribution in [0, 0.1) is 5.82 Å². The number of aromatic nitrogens is 2. The average Bonchev–Trinajstić information content (AvgIpc) is 2.85. The fraction of sp³-hybridized carbons (Fsp3) is 0.300. The molecule has 0 bridgehead atoms. The molecular weight excluding hydrogens is 167 g/mol. The Bertz CT molecular complexity index is 457. The van der Waals surface area contributed by atoms with Crippen LogP contribution in [0.1, 0.15) is 24.3 Å². The van der Waals surface area contributed by atoms with E-state index in [1.807, 2.05) is 6.07 Å². The average molecular weight is 176 g/mol. The van der Waals surface area contributed by atoms with Crippen molar-refractivity contribution in [1.82, 2.24) is 10.2 Å². The lowest BCUT2D eigenvalue weighted by atomic mass is 10.1. The second kappa shape index (κ2) is 2.31. The number of fused-ring (bicyclic) bond motifs is 1. The molecule has 1 heterocycles. The van der Waals surface area contributed by atoms with Crippen molar-refractivity contribution in [1.29, 1.82) is 0 Å². The van der Waals surface area contributed by atoms with Gasteiger partial charge in [-0.05, 0) is 36.5 Å². The molecule has 1 fully saturated rings. The molecule has 1 saturated carbocycles. The van der Waals surface area contributed by atoms with Crippen LogP contribution in [0.5, 0.6) is 0 Å². The number of nitrogens with one attached hydrogen (secondary N) is 1. The molecule has 13 heavy (non-hydrogen) atoms. The zero-order chi connectivity index (χ0) is 8.84. The third-order valence-corrected chi connectivity index (χ3v) is 2.57. The van der Waals surface area contributed by atoms with Gasteiger partial charge in [-0.1, -0.05) is 0 Å². The van der Waals surface area contributed by atoms with Gasteiger partial charge in [-0.25, -0.2) is 4.39 Å². The SMILES string of the molecule is Fc1cc2[nH]ncc2cc1C1CC1. The lowest BCUT2D eigenvalue weighted by Gasteiger charge is -1.99. The van der Waals surface area contributed by atoms with Crippen LogP contribution in [0.3, 0.4) is 0 Å². The Morgan fingerprint density at radius 3 is 3.00 bits per heavy atom. The number of hydrogen-bond acceptors (Lipinski definition) is 1. The molecule has 1 aromatic carbocycles. The van der Waals surface area contributed by atoms with E-state index in [9.17, 15) is 4.39 Å². The van der Waals surface area contributed by atoms with E-state index >= 15 is 0 Å². The van der Waals surface area contributed by atoms with Gasteiger partial charge in [-0.3, -0.25) is 5.10 Å². The van der Waals surface area contributed by atoms with Crippen molar-refractivity contribution in [3.05, 3.63) is 29.7 Å². The molecule has 1 aliphatic carbocycles. The number of aromatic amines is 1. The smallest absolute Gasteiger partial charge is 0.128 e. The van der Waals surface area contributed by atoms with Crippen LogP contribution in [0.15, 0.2) is 18.3 Å². The zero-order valence-corrected chi connectivity index (χ0v) is 7.05. The van der Waals surface area contributed by atoms with Crippen molar-refractivity contribution in [3.8, 4) is 0 Å². The summed E-state index contributed by atoms with van der Waals surface area (Å²) in [6.45, 7) is 0. The third-order valence-electron chi connectivity index (χ3n) is 2.57. The fourth-order valence-electron chi connectivity index (χ4n) is 1.69. The van der Waals surface area contributed by atoms with Crippen LogP contribution in [0.25, 0.3) is 10.9 Å². The maximum atomic E-state index is 13.4. The molecule has 66 valence electrons. The maximum absolute atomic E-state index is 13.4. The first-order valence-electron chi connectivity index (χ1n) is 4.47. The minimum atomic E-state index is -0.0979. The van der Waals surface area contributed by atoms with Gasteiger partial charge in [0.05, 0.1) is 11.7 Å². The Balaban J connectivity index is 2.27. The summed E-state index contributed by atoms with van der Waals surface area (Å²) in [6, 6.07) is 3.45. The van der Waals surface area contributed by atoms with Crippen LogP contribution >= 0.6 is 0 Å². The van der Waals surface area contributed by atoms with E-state index in [-0.39, 0.29) is 5.82 Å². The van der Waals surface area contributed by atoms with Crippen molar-refractivity contribution >= 4 is 10.9 Å². The van der Waals surface area contributed by atoms with Crippen LogP contribution in [0.2, 0.25) is 0 Å². The molecule has 0 spiro atoms. The zero-order valence-electron chi connectivity index (χ0n) is 7.05. The summed E-state index contributed by atoms with van der Waals surface area (Å²) in [6.07, 6.45) is 3.99. The predicted molar refractivity (Wildman–Crippen MR) is 48.0 cm³/mol. The molecule has 0 unspecified atom stereocenters. The molecule has 0 saturated heterocycles. The Morgan fingerprint density at radius 2 is 2.23 bits per heavy atom. The van der Waals surface area contributed by atoms with Crippen LogP contribution in [-0.4, -0.2) is 10.2 Å². The summed E-state index contributed by atoms with van der Waals surface area (Å²) in [5, 5.41) is 7.63. The minimum Gasteiger partial charge on any atom is -0.278 e. The molecular formula is C10H9FN2. The highest BCUT2D eigenvalue weighted by Gasteiger charge is 2.26. The van der Waals surface area contributed by atoms with Gasteiger partial charge >= 0.3 is 0 Å². The summed E-state index contributed by atoms with van der Waals surface area (Å²) in [7, 11) is 0. The van der Waals surface area contributed by atoms with Gasteiger partial charge in [-0.15, -0.1) is 0 Å². The highest BCUT2D eigenvalue weighted by molar-refractivity contribution is 5.79. The third kappa shape index (κ3) is 1.03. The number of halogens is 1. The van der Waals surface area contributed by atoms with E-state index in [0.29, 0.717) is 5.92 Å². The summed E-state index contributed by atoms with van der Waals surface area (Å²) < 4.78 is 13.4. The van der Waals surface area contributed by atoms with Gasteiger partial charge in [0.25, 0.3) is 0 Å². The highest BCUT2D eigenvalue weighted by atomic mass is 19.1. The lowest BCUT2D eigenvalue weighted by Crippen LogP contribution is -1.86. The molecule has 0 radical (unpaired) electrons. The van der Waals surface area contributed by atoms with E-state index in [0.717, 1.165) is 29.3 Å². The number of nitrogens with zero attached hydrogens (tertiary/aromatic N) is 1. The Hall–Kier alpha value is -1.38. The van der Waals surface area contributed by atoms with Crippen LogP contribution in [0.4, 0.5) is 4.39 Å². The van der Waals surface area contributed by atoms with Gasteiger partial charge in [0.2, 0.25) is 0 Å². The summed E-state index contributed by atoms with van der Waals surface area (Å²) >= 11 is 0. The van der Waals surface area contributed by atoms with Gasteiger partial charge < -0.3 is 0 Å². The van der Waals surface area contributed by atoms with E-state index in [4.69, 9.17) is 0 Å². The predicted octanol–water partition coefficient (Wildman–Crippen LogP) is 2.58. The van der Waals surface area contributed by atoms with Crippen LogP contribution < -0.4 is 0 Å². The van der Waals surface area contributed by atoms with Crippen molar-refractivity contribution in [2.75, 3.05) is 0 Å². The summed E-state index contributed by atoms with van der Waals surface area (Å²) in [5.41, 5.74) is 1.64. The molecule has 0 amide bonds. The topological polar surface area (TPSA) is 28.7 Å². The van der Waals surface area contributed by atoms with Crippen molar-refractivity contribution in [2.24, 2.45) is 0 Å². The van der Waals surface area contributed by atoms with E-state index in [1.165, 1.54) is 6.07 Å². The molecule has 2 nitrogen and oxygen atoms in total. The van der Waals surface area contributed by atoms with Crippen molar-refractivity contribution in [2.45, 2.75) is 18.8 Å². The largest absolute Gasteiger partial charge is 0.278 e. The quantitative estimate of drug-likeness (QED) is 0.710. The van der Waals surface area contributed by atoms with Crippen LogP contribution in [-0.2, 0) is 0 Å². The number of H-pyrrole nitrogens is 1. The molecule has 3 rings (SSSR count). The number of rotatable bonds is 1. The first-order chi connectivity index (χ1) is 6.34. The molecule has 3 heteroatoms. The minimum absolute atomic E-state index is 0.0979. The number of hydrogen-bond donors (Lipinski definition) is 1. The molecule has 1 N–H and O–H groups in total. The second-order valence-electron chi connectivity index (χ2n) is 3.61. The maximum Gasteiger partial charge on any atom is 0.128 e. The van der Waals surface area contributed by atoms with Gasteiger partial charge in [0.1, 0.15) is 5.82 Å². The number of benzene rings is 1. The summed E-state index contributed by atoms with van der Waals surface area (Å²) in [4.78, 5) is 0. The molecule has 2 aromatic rings. The first kappa shape index (κ1) is 7.06. The van der Waals surface area contributed by atoms with Gasteiger partial charge in [-0.2, -0.15) is 5.10 Å². The Labute approximate surface area is 74.8 Å². The first-order valence-corrected chi connectivity index (χ1v) is 4.47. The molecule has 0 atom stereocenters. The van der Waals surface area contributed by atoms with E-state index in [2.05, 4.69) is 10.2 Å². The second-order valence-corrected chi connectivity index (χ2v) is 3.61. The standard InChI is InChI=1S/C10H9FN2/c11-9-4-10-7(5-12-13-10)3-8(9)6-1-2-6/h3-6H,1-2H2,(H,12,13). The molecule has 0 aliphatic heterocycles. The van der Waals surface area contributed by atoms with Gasteiger partial charge in [0, 0.05) is 5.39 Å².